The first-order valence-corrected chi connectivity index (χ1v) is 8.52. The highest BCUT2D eigenvalue weighted by atomic mass is 79.9. The Balaban J connectivity index is 0.00000243. The molecular weight excluding hydrogens is 437 g/mol. The number of ketones is 1. The van der Waals surface area contributed by atoms with Gasteiger partial charge in [0.25, 0.3) is 0 Å². The van der Waals surface area contributed by atoms with Crippen molar-refractivity contribution >= 4 is 34.9 Å². The zero-order valence-corrected chi connectivity index (χ0v) is 17.4. The van der Waals surface area contributed by atoms with Crippen molar-refractivity contribution in [3.05, 3.63) is 69.8 Å². The molecule has 3 aromatic rings. The summed E-state index contributed by atoms with van der Waals surface area (Å²) in [6.45, 7) is 2.16. The molecule has 0 bridgehead atoms. The van der Waals surface area contributed by atoms with Gasteiger partial charge in [-0.2, -0.15) is 0 Å². The Bertz CT molecular complexity index is 952. The summed E-state index contributed by atoms with van der Waals surface area (Å²) in [5, 5.41) is 0.969. The molecule has 7 heteroatoms. The molecule has 0 saturated heterocycles. The van der Waals surface area contributed by atoms with E-state index in [0.717, 1.165) is 16.8 Å². The van der Waals surface area contributed by atoms with E-state index in [1.165, 1.54) is 0 Å². The van der Waals surface area contributed by atoms with Crippen molar-refractivity contribution in [2.45, 2.75) is 13.5 Å². The van der Waals surface area contributed by atoms with Gasteiger partial charge >= 0.3 is 5.95 Å². The lowest BCUT2D eigenvalue weighted by molar-refractivity contribution is -0.667. The molecule has 0 aliphatic carbocycles. The fourth-order valence-electron chi connectivity index (χ4n) is 2.65. The zero-order chi connectivity index (χ0) is 18.1. The first-order chi connectivity index (χ1) is 11.9. The SMILES string of the molecule is Cc1ccc(C(=O)C[n+]2cc(-c3ccc(Cl)c(Cl)c3)n(C)c2N)cc1.[Br-]. The van der Waals surface area contributed by atoms with E-state index in [9.17, 15) is 4.79 Å². The van der Waals surface area contributed by atoms with Gasteiger partial charge in [0, 0.05) is 11.1 Å². The highest BCUT2D eigenvalue weighted by Crippen LogP contribution is 2.28. The van der Waals surface area contributed by atoms with E-state index in [0.29, 0.717) is 21.6 Å². The van der Waals surface area contributed by atoms with Gasteiger partial charge in [-0.1, -0.05) is 53.0 Å². The van der Waals surface area contributed by atoms with E-state index in [1.807, 2.05) is 55.1 Å². The normalized spacial score (nSPS) is 10.5. The van der Waals surface area contributed by atoms with Crippen LogP contribution in [0.2, 0.25) is 10.0 Å². The van der Waals surface area contributed by atoms with Crippen LogP contribution in [0.1, 0.15) is 15.9 Å². The number of nitrogen functional groups attached to an aromatic ring is 1. The molecule has 3 rings (SSSR count). The third-order valence-corrected chi connectivity index (χ3v) is 4.92. The summed E-state index contributed by atoms with van der Waals surface area (Å²) in [7, 11) is 1.85. The number of carbonyl (C=O) groups excluding carboxylic acids is 1. The maximum absolute atomic E-state index is 12.5. The lowest BCUT2D eigenvalue weighted by atomic mass is 10.1. The van der Waals surface area contributed by atoms with E-state index in [2.05, 4.69) is 0 Å². The van der Waals surface area contributed by atoms with Gasteiger partial charge in [-0.05, 0) is 25.1 Å². The molecule has 2 N–H and O–H groups in total. The van der Waals surface area contributed by atoms with E-state index < -0.39 is 0 Å². The van der Waals surface area contributed by atoms with Crippen molar-refractivity contribution < 1.29 is 26.3 Å². The van der Waals surface area contributed by atoms with Crippen LogP contribution in [0.5, 0.6) is 0 Å². The maximum atomic E-state index is 12.5. The molecule has 0 amide bonds. The molecule has 0 unspecified atom stereocenters. The molecule has 1 heterocycles. The zero-order valence-electron chi connectivity index (χ0n) is 14.3. The number of hydrogen-bond acceptors (Lipinski definition) is 2. The number of imidazole rings is 1. The van der Waals surface area contributed by atoms with Gasteiger partial charge in [0.2, 0.25) is 0 Å². The minimum Gasteiger partial charge on any atom is -1.00 e. The Morgan fingerprint density at radius 1 is 1.12 bits per heavy atom. The predicted molar refractivity (Wildman–Crippen MR) is 101 cm³/mol. The first-order valence-electron chi connectivity index (χ1n) is 7.76. The van der Waals surface area contributed by atoms with Gasteiger partial charge in [-0.3, -0.25) is 10.5 Å². The molecule has 0 aliphatic rings. The van der Waals surface area contributed by atoms with Crippen molar-refractivity contribution in [1.82, 2.24) is 4.57 Å². The van der Waals surface area contributed by atoms with Crippen molar-refractivity contribution in [1.29, 1.82) is 0 Å². The fraction of sp³-hybridized carbons (Fsp3) is 0.158. The lowest BCUT2D eigenvalue weighted by Crippen LogP contribution is -3.00. The van der Waals surface area contributed by atoms with Gasteiger partial charge in [-0.25, -0.2) is 9.13 Å². The topological polar surface area (TPSA) is 51.9 Å². The van der Waals surface area contributed by atoms with E-state index >= 15 is 0 Å². The number of halogens is 3. The van der Waals surface area contributed by atoms with E-state index in [4.69, 9.17) is 28.9 Å². The molecule has 0 atom stereocenters. The number of aromatic nitrogens is 2. The summed E-state index contributed by atoms with van der Waals surface area (Å²) < 4.78 is 3.56. The van der Waals surface area contributed by atoms with Crippen molar-refractivity contribution in [3.63, 3.8) is 0 Å². The van der Waals surface area contributed by atoms with Crippen molar-refractivity contribution in [2.75, 3.05) is 5.73 Å². The van der Waals surface area contributed by atoms with Gasteiger partial charge in [0.1, 0.15) is 18.4 Å². The average molecular weight is 455 g/mol. The van der Waals surface area contributed by atoms with Crippen LogP contribution in [-0.4, -0.2) is 10.4 Å². The highest BCUT2D eigenvalue weighted by Gasteiger charge is 2.20. The third kappa shape index (κ3) is 4.11. The monoisotopic (exact) mass is 453 g/mol. The Morgan fingerprint density at radius 3 is 2.38 bits per heavy atom. The second-order valence-corrected chi connectivity index (χ2v) is 6.79. The number of rotatable bonds is 4. The Hall–Kier alpha value is -1.82. The summed E-state index contributed by atoms with van der Waals surface area (Å²) in [5.74, 6) is 0.490. The quantitative estimate of drug-likeness (QED) is 0.473. The summed E-state index contributed by atoms with van der Waals surface area (Å²) in [5.41, 5.74) is 9.69. The molecule has 136 valence electrons. The lowest BCUT2D eigenvalue weighted by Gasteiger charge is -2.01. The van der Waals surface area contributed by atoms with Crippen molar-refractivity contribution in [2.24, 2.45) is 7.05 Å². The van der Waals surface area contributed by atoms with Crippen LogP contribution in [0.3, 0.4) is 0 Å². The predicted octanol–water partition coefficient (Wildman–Crippen LogP) is 1.06. The molecule has 0 saturated carbocycles. The number of hydrogen-bond donors (Lipinski definition) is 1. The summed E-state index contributed by atoms with van der Waals surface area (Å²) in [6, 6.07) is 12.9. The number of carbonyl (C=O) groups is 1. The number of anilines is 1. The third-order valence-electron chi connectivity index (χ3n) is 4.18. The molecule has 2 aromatic carbocycles. The molecule has 4 nitrogen and oxygen atoms in total. The summed E-state index contributed by atoms with van der Waals surface area (Å²) in [6.07, 6.45) is 1.85. The Labute approximate surface area is 172 Å². The van der Waals surface area contributed by atoms with E-state index in [1.54, 1.807) is 16.7 Å². The van der Waals surface area contributed by atoms with Crippen LogP contribution in [0.25, 0.3) is 11.3 Å². The van der Waals surface area contributed by atoms with Crippen LogP contribution in [0, 0.1) is 6.92 Å². The standard InChI is InChI=1S/C19H17Cl2N3O.BrH/c1-12-3-5-13(6-4-12)18(25)11-24-10-17(23(2)19(24)22)14-7-8-15(20)16(21)9-14;/h3-10,22H,11H2,1-2H3;1H. The molecule has 0 radical (unpaired) electrons. The second kappa shape index (κ2) is 8.25. The van der Waals surface area contributed by atoms with Gasteiger partial charge in [0.15, 0.2) is 5.78 Å². The number of nitrogens with two attached hydrogens (primary N) is 1. The number of benzene rings is 2. The molecule has 26 heavy (non-hydrogen) atoms. The number of aryl methyl sites for hydroxylation is 1. The first kappa shape index (κ1) is 20.5. The minimum absolute atomic E-state index is 0. The summed E-state index contributed by atoms with van der Waals surface area (Å²) >= 11 is 12.1. The molecular formula is C19H18BrCl2N3O. The largest absolute Gasteiger partial charge is 1.00 e. The van der Waals surface area contributed by atoms with Crippen molar-refractivity contribution in [3.8, 4) is 11.3 Å². The number of nitrogens with zero attached hydrogens (tertiary/aromatic N) is 2. The smallest absolute Gasteiger partial charge is 0.355 e. The molecule has 0 spiro atoms. The van der Waals surface area contributed by atoms with Gasteiger partial charge in [0.05, 0.1) is 17.1 Å². The Kier molecular flexibility index (Phi) is 6.50. The molecule has 0 aliphatic heterocycles. The highest BCUT2D eigenvalue weighted by molar-refractivity contribution is 6.42. The second-order valence-electron chi connectivity index (χ2n) is 5.98. The Morgan fingerprint density at radius 2 is 1.77 bits per heavy atom. The van der Waals surface area contributed by atoms with Crippen LogP contribution < -0.4 is 27.3 Å². The van der Waals surface area contributed by atoms with Gasteiger partial charge in [-0.15, -0.1) is 0 Å². The van der Waals surface area contributed by atoms with Gasteiger partial charge < -0.3 is 17.0 Å². The number of Topliss-reactive ketones (excluding diaryl/α,β-unsaturated/α-hetero) is 1. The molecule has 1 aromatic heterocycles. The summed E-state index contributed by atoms with van der Waals surface area (Å²) in [4.78, 5) is 12.5. The van der Waals surface area contributed by atoms with Crippen LogP contribution in [0.15, 0.2) is 48.7 Å². The van der Waals surface area contributed by atoms with Crippen LogP contribution in [0.4, 0.5) is 5.95 Å². The van der Waals surface area contributed by atoms with Crippen LogP contribution in [-0.2, 0) is 13.6 Å². The maximum Gasteiger partial charge on any atom is 0.355 e. The average Bonchev–Trinajstić information content (AvgIpc) is 2.86. The fourth-order valence-corrected chi connectivity index (χ4v) is 2.95. The van der Waals surface area contributed by atoms with E-state index in [-0.39, 0.29) is 29.3 Å². The molecule has 0 fully saturated rings. The van der Waals surface area contributed by atoms with Crippen LogP contribution >= 0.6 is 23.2 Å². The minimum atomic E-state index is 0.